The molecular weight excluding hydrogens is 223 g/mol. The van der Waals surface area contributed by atoms with Crippen LogP contribution in [0.4, 0.5) is 13.2 Å². The van der Waals surface area contributed by atoms with E-state index in [0.717, 1.165) is 0 Å². The molecule has 0 radical (unpaired) electrons. The summed E-state index contributed by atoms with van der Waals surface area (Å²) in [5, 5.41) is 0. The number of carbonyl (C=O) groups is 1. The fourth-order valence-corrected chi connectivity index (χ4v) is 1.41. The molecule has 0 aromatic heterocycles. The van der Waals surface area contributed by atoms with E-state index in [4.69, 9.17) is 5.73 Å². The Morgan fingerprint density at radius 1 is 1.19 bits per heavy atom. The molecule has 0 aromatic carbocycles. The van der Waals surface area contributed by atoms with Gasteiger partial charge in [0.25, 0.3) is 0 Å². The smallest absolute Gasteiger partial charge is 0.422 e. The Morgan fingerprint density at radius 2 is 1.56 bits per heavy atom. The van der Waals surface area contributed by atoms with Crippen LogP contribution >= 0.6 is 0 Å². The van der Waals surface area contributed by atoms with E-state index in [-0.39, 0.29) is 11.8 Å². The van der Waals surface area contributed by atoms with Gasteiger partial charge >= 0.3 is 12.1 Å². The summed E-state index contributed by atoms with van der Waals surface area (Å²) in [5.74, 6) is -1.60. The van der Waals surface area contributed by atoms with Gasteiger partial charge < -0.3 is 10.5 Å². The van der Waals surface area contributed by atoms with Crippen LogP contribution in [-0.2, 0) is 9.53 Å². The lowest BCUT2D eigenvalue weighted by Gasteiger charge is -2.34. The van der Waals surface area contributed by atoms with Gasteiger partial charge in [-0.2, -0.15) is 13.2 Å². The Morgan fingerprint density at radius 3 is 1.81 bits per heavy atom. The quantitative estimate of drug-likeness (QED) is 0.767. The van der Waals surface area contributed by atoms with Gasteiger partial charge in [-0.3, -0.25) is 4.79 Å². The first-order valence-corrected chi connectivity index (χ1v) is 5.04. The van der Waals surface area contributed by atoms with Crippen LogP contribution in [0.1, 0.15) is 27.7 Å². The minimum absolute atomic E-state index is 0.298. The zero-order valence-corrected chi connectivity index (χ0v) is 9.89. The predicted octanol–water partition coefficient (Wildman–Crippen LogP) is 2.10. The fraction of sp³-hybridized carbons (Fsp3) is 0.900. The third-order valence-corrected chi connectivity index (χ3v) is 2.63. The van der Waals surface area contributed by atoms with Crippen LogP contribution in [0, 0.1) is 11.8 Å². The summed E-state index contributed by atoms with van der Waals surface area (Å²) < 4.78 is 39.9. The molecule has 2 N–H and O–H groups in total. The van der Waals surface area contributed by atoms with Crippen molar-refractivity contribution in [2.45, 2.75) is 39.4 Å². The molecule has 0 amide bonds. The Labute approximate surface area is 93.1 Å². The van der Waals surface area contributed by atoms with Gasteiger partial charge in [-0.25, -0.2) is 0 Å². The Hall–Kier alpha value is -0.780. The number of hydrogen-bond acceptors (Lipinski definition) is 3. The first kappa shape index (κ1) is 15.2. The number of esters is 1. The number of nitrogens with two attached hydrogens (primary N) is 1. The van der Waals surface area contributed by atoms with E-state index < -0.39 is 24.3 Å². The van der Waals surface area contributed by atoms with E-state index in [1.54, 1.807) is 27.7 Å². The highest BCUT2D eigenvalue weighted by molar-refractivity contribution is 5.81. The lowest BCUT2D eigenvalue weighted by Crippen LogP contribution is -2.57. The molecule has 0 aliphatic heterocycles. The molecule has 0 aliphatic carbocycles. The molecule has 16 heavy (non-hydrogen) atoms. The van der Waals surface area contributed by atoms with Crippen LogP contribution in [0.25, 0.3) is 0 Å². The average Bonchev–Trinajstić information content (AvgIpc) is 2.10. The molecular formula is C10H18F3NO2. The molecule has 0 saturated heterocycles. The van der Waals surface area contributed by atoms with Gasteiger partial charge in [0.15, 0.2) is 6.61 Å². The van der Waals surface area contributed by atoms with Crippen molar-refractivity contribution >= 4 is 5.97 Å². The maximum Gasteiger partial charge on any atom is 0.422 e. The SMILES string of the molecule is CC(C)C(N)(C(=O)OCC(F)(F)F)C(C)C. The third-order valence-electron chi connectivity index (χ3n) is 2.63. The number of halogens is 3. The Bertz CT molecular complexity index is 241. The molecule has 0 aliphatic rings. The van der Waals surface area contributed by atoms with E-state index >= 15 is 0 Å². The van der Waals surface area contributed by atoms with Crippen molar-refractivity contribution in [2.75, 3.05) is 6.61 Å². The minimum atomic E-state index is -4.52. The predicted molar refractivity (Wildman–Crippen MR) is 53.6 cm³/mol. The number of rotatable bonds is 4. The van der Waals surface area contributed by atoms with Crippen molar-refractivity contribution in [3.63, 3.8) is 0 Å². The van der Waals surface area contributed by atoms with E-state index in [9.17, 15) is 18.0 Å². The molecule has 0 aromatic rings. The molecule has 0 spiro atoms. The molecule has 0 heterocycles. The third kappa shape index (κ3) is 3.66. The number of hydrogen-bond donors (Lipinski definition) is 1. The topological polar surface area (TPSA) is 52.3 Å². The summed E-state index contributed by atoms with van der Waals surface area (Å²) >= 11 is 0. The minimum Gasteiger partial charge on any atom is -0.455 e. The summed E-state index contributed by atoms with van der Waals surface area (Å²) in [6, 6.07) is 0. The van der Waals surface area contributed by atoms with Crippen molar-refractivity contribution in [3.8, 4) is 0 Å². The molecule has 0 fully saturated rings. The molecule has 6 heteroatoms. The van der Waals surface area contributed by atoms with Crippen molar-refractivity contribution in [1.82, 2.24) is 0 Å². The standard InChI is InChI=1S/C10H18F3NO2/c1-6(2)10(14,7(3)4)8(15)16-5-9(11,12)13/h6-7H,5,14H2,1-4H3. The maximum atomic E-state index is 11.9. The van der Waals surface area contributed by atoms with Crippen LogP contribution < -0.4 is 5.73 Å². The first-order chi connectivity index (χ1) is 7.01. The van der Waals surface area contributed by atoms with E-state index in [1.165, 1.54) is 0 Å². The van der Waals surface area contributed by atoms with Crippen LogP contribution in [0.5, 0.6) is 0 Å². The summed E-state index contributed by atoms with van der Waals surface area (Å²) in [4.78, 5) is 11.5. The molecule has 0 rings (SSSR count). The second-order valence-corrected chi connectivity index (χ2v) is 4.43. The van der Waals surface area contributed by atoms with Gasteiger partial charge in [-0.15, -0.1) is 0 Å². The van der Waals surface area contributed by atoms with E-state index in [1.807, 2.05) is 0 Å². The molecule has 96 valence electrons. The summed E-state index contributed by atoms with van der Waals surface area (Å²) in [7, 11) is 0. The van der Waals surface area contributed by atoms with Gasteiger partial charge in [0.1, 0.15) is 5.54 Å². The van der Waals surface area contributed by atoms with Crippen molar-refractivity contribution in [3.05, 3.63) is 0 Å². The highest BCUT2D eigenvalue weighted by Gasteiger charge is 2.43. The first-order valence-electron chi connectivity index (χ1n) is 5.04. The molecule has 0 atom stereocenters. The maximum absolute atomic E-state index is 11.9. The fourth-order valence-electron chi connectivity index (χ4n) is 1.41. The van der Waals surface area contributed by atoms with Crippen molar-refractivity contribution < 1.29 is 22.7 Å². The van der Waals surface area contributed by atoms with Gasteiger partial charge in [0.05, 0.1) is 0 Å². The van der Waals surface area contributed by atoms with Gasteiger partial charge in [0.2, 0.25) is 0 Å². The van der Waals surface area contributed by atoms with Crippen molar-refractivity contribution in [2.24, 2.45) is 17.6 Å². The summed E-state index contributed by atoms with van der Waals surface area (Å²) in [6.45, 7) is 5.11. The van der Waals surface area contributed by atoms with Crippen molar-refractivity contribution in [1.29, 1.82) is 0 Å². The number of alkyl halides is 3. The lowest BCUT2D eigenvalue weighted by molar-refractivity contribution is -0.192. The van der Waals surface area contributed by atoms with Gasteiger partial charge in [0, 0.05) is 0 Å². The van der Waals surface area contributed by atoms with Crippen LogP contribution in [0.3, 0.4) is 0 Å². The van der Waals surface area contributed by atoms with Gasteiger partial charge in [-0.05, 0) is 11.8 Å². The Kier molecular flexibility index (Phi) is 4.79. The molecule has 0 unspecified atom stereocenters. The zero-order valence-electron chi connectivity index (χ0n) is 9.89. The monoisotopic (exact) mass is 241 g/mol. The van der Waals surface area contributed by atoms with Crippen LogP contribution in [0.15, 0.2) is 0 Å². The molecule has 0 bridgehead atoms. The highest BCUT2D eigenvalue weighted by Crippen LogP contribution is 2.26. The number of carbonyl (C=O) groups excluding carboxylic acids is 1. The normalized spacial score (nSPS) is 13.4. The Balaban J connectivity index is 4.66. The molecule has 3 nitrogen and oxygen atoms in total. The largest absolute Gasteiger partial charge is 0.455 e. The second-order valence-electron chi connectivity index (χ2n) is 4.43. The van der Waals surface area contributed by atoms with E-state index in [0.29, 0.717) is 0 Å². The second kappa shape index (κ2) is 5.03. The molecule has 0 saturated carbocycles. The lowest BCUT2D eigenvalue weighted by atomic mass is 9.78. The highest BCUT2D eigenvalue weighted by atomic mass is 19.4. The summed E-state index contributed by atoms with van der Waals surface area (Å²) in [6.07, 6.45) is -4.52. The number of ether oxygens (including phenoxy) is 1. The zero-order chi connectivity index (χ0) is 13.1. The van der Waals surface area contributed by atoms with Crippen LogP contribution in [-0.4, -0.2) is 24.3 Å². The average molecular weight is 241 g/mol. The van der Waals surface area contributed by atoms with Crippen LogP contribution in [0.2, 0.25) is 0 Å². The summed E-state index contributed by atoms with van der Waals surface area (Å²) in [5.41, 5.74) is 4.43. The van der Waals surface area contributed by atoms with E-state index in [2.05, 4.69) is 4.74 Å². The van der Waals surface area contributed by atoms with Gasteiger partial charge in [-0.1, -0.05) is 27.7 Å².